The van der Waals surface area contributed by atoms with Gasteiger partial charge in [0.05, 0.1) is 9.90 Å². The van der Waals surface area contributed by atoms with Crippen LogP contribution in [-0.2, 0) is 0 Å². The van der Waals surface area contributed by atoms with Crippen LogP contribution in [0.5, 0.6) is 5.75 Å². The van der Waals surface area contributed by atoms with E-state index in [0.29, 0.717) is 11.2 Å². The summed E-state index contributed by atoms with van der Waals surface area (Å²) in [4.78, 5) is 22.9. The molecule has 0 fully saturated rings. The fraction of sp³-hybridized carbons (Fsp3) is 0. The van der Waals surface area contributed by atoms with Crippen molar-refractivity contribution in [3.05, 3.63) is 50.9 Å². The van der Waals surface area contributed by atoms with E-state index in [4.69, 9.17) is 16.3 Å². The largest absolute Gasteiger partial charge is 0.421 e. The minimum atomic E-state index is -0.637. The number of carbonyl (C=O) groups excluding carboxylic acids is 2. The van der Waals surface area contributed by atoms with Gasteiger partial charge < -0.3 is 4.74 Å². The van der Waals surface area contributed by atoms with E-state index in [2.05, 4.69) is 0 Å². The van der Waals surface area contributed by atoms with Crippen molar-refractivity contribution < 1.29 is 18.7 Å². The van der Waals surface area contributed by atoms with E-state index in [1.165, 1.54) is 18.2 Å². The minimum Gasteiger partial charge on any atom is -0.421 e. The Bertz CT molecular complexity index is 609. The summed E-state index contributed by atoms with van der Waals surface area (Å²) in [5.41, 5.74) is 0. The number of hydrogen-bond donors (Lipinski definition) is 0. The van der Waals surface area contributed by atoms with Crippen molar-refractivity contribution in [3.8, 4) is 5.75 Å². The predicted octanol–water partition coefficient (Wildman–Crippen LogP) is 3.57. The lowest BCUT2D eigenvalue weighted by Gasteiger charge is -2.04. The van der Waals surface area contributed by atoms with Crippen molar-refractivity contribution in [2.45, 2.75) is 0 Å². The molecule has 1 aromatic heterocycles. The molecule has 92 valence electrons. The highest BCUT2D eigenvalue weighted by Crippen LogP contribution is 2.26. The van der Waals surface area contributed by atoms with Gasteiger partial charge in [-0.1, -0.05) is 11.6 Å². The molecule has 0 aliphatic rings. The molecule has 0 amide bonds. The van der Waals surface area contributed by atoms with Crippen LogP contribution in [0, 0.1) is 5.82 Å². The highest BCUT2D eigenvalue weighted by molar-refractivity contribution is 7.15. The molecule has 3 nitrogen and oxygen atoms in total. The fourth-order valence-corrected chi connectivity index (χ4v) is 2.14. The topological polar surface area (TPSA) is 43.4 Å². The molecule has 18 heavy (non-hydrogen) atoms. The summed E-state index contributed by atoms with van der Waals surface area (Å²) in [6, 6.07) is 6.45. The van der Waals surface area contributed by atoms with E-state index in [1.54, 1.807) is 0 Å². The van der Waals surface area contributed by atoms with Gasteiger partial charge in [0.25, 0.3) is 0 Å². The van der Waals surface area contributed by atoms with Crippen molar-refractivity contribution in [3.63, 3.8) is 0 Å². The monoisotopic (exact) mass is 284 g/mol. The van der Waals surface area contributed by atoms with E-state index in [1.807, 2.05) is 0 Å². The second kappa shape index (κ2) is 5.29. The van der Waals surface area contributed by atoms with Crippen LogP contribution in [0.15, 0.2) is 30.3 Å². The number of halogens is 2. The average Bonchev–Trinajstić information content (AvgIpc) is 2.81. The number of rotatable bonds is 3. The van der Waals surface area contributed by atoms with E-state index in [-0.39, 0.29) is 15.6 Å². The molecule has 2 rings (SSSR count). The molecule has 0 saturated carbocycles. The highest BCUT2D eigenvalue weighted by Gasteiger charge is 2.13. The van der Waals surface area contributed by atoms with Crippen LogP contribution >= 0.6 is 22.9 Å². The Labute approximate surface area is 111 Å². The first kappa shape index (κ1) is 12.7. The molecule has 1 aromatic carbocycles. The number of hydrogen-bond acceptors (Lipinski definition) is 4. The standard InChI is InChI=1S/C12H6ClFO3S/c13-9-5-7(14)1-3-10(9)17-12(16)11-4-2-8(6-15)18-11/h1-6H. The smallest absolute Gasteiger partial charge is 0.353 e. The molecule has 0 radical (unpaired) electrons. The fourth-order valence-electron chi connectivity index (χ4n) is 1.23. The van der Waals surface area contributed by atoms with Crippen LogP contribution in [0.4, 0.5) is 4.39 Å². The Morgan fingerprint density at radius 1 is 1.33 bits per heavy atom. The SMILES string of the molecule is O=Cc1ccc(C(=O)Oc2ccc(F)cc2Cl)s1. The van der Waals surface area contributed by atoms with Gasteiger partial charge in [-0.15, -0.1) is 11.3 Å². The lowest BCUT2D eigenvalue weighted by atomic mass is 10.3. The number of carbonyl (C=O) groups is 2. The zero-order valence-electron chi connectivity index (χ0n) is 8.85. The lowest BCUT2D eigenvalue weighted by Crippen LogP contribution is -2.06. The van der Waals surface area contributed by atoms with Crippen LogP contribution in [0.25, 0.3) is 0 Å². The molecule has 0 unspecified atom stereocenters. The zero-order chi connectivity index (χ0) is 13.1. The summed E-state index contributed by atoms with van der Waals surface area (Å²) >= 11 is 6.73. The summed E-state index contributed by atoms with van der Waals surface area (Å²) in [6.45, 7) is 0. The van der Waals surface area contributed by atoms with Gasteiger partial charge in [-0.3, -0.25) is 4.79 Å². The maximum atomic E-state index is 12.8. The Morgan fingerprint density at radius 2 is 2.11 bits per heavy atom. The molecule has 6 heteroatoms. The minimum absolute atomic E-state index is 0.00974. The summed E-state index contributed by atoms with van der Waals surface area (Å²) in [5, 5.41) is 0.00974. The van der Waals surface area contributed by atoms with Gasteiger partial charge in [-0.05, 0) is 30.3 Å². The van der Waals surface area contributed by atoms with Gasteiger partial charge in [0.1, 0.15) is 16.4 Å². The second-order valence-electron chi connectivity index (χ2n) is 3.28. The molecule has 0 saturated heterocycles. The number of thiophene rings is 1. The average molecular weight is 285 g/mol. The summed E-state index contributed by atoms with van der Waals surface area (Å²) < 4.78 is 17.8. The molecular weight excluding hydrogens is 279 g/mol. The third-order valence-electron chi connectivity index (χ3n) is 2.04. The van der Waals surface area contributed by atoms with Crippen molar-refractivity contribution in [1.29, 1.82) is 0 Å². The first-order chi connectivity index (χ1) is 8.60. The van der Waals surface area contributed by atoms with E-state index >= 15 is 0 Å². The van der Waals surface area contributed by atoms with Gasteiger partial charge in [-0.2, -0.15) is 0 Å². The third kappa shape index (κ3) is 2.75. The highest BCUT2D eigenvalue weighted by atomic mass is 35.5. The normalized spacial score (nSPS) is 10.1. The molecule has 0 aliphatic heterocycles. The summed E-state index contributed by atoms with van der Waals surface area (Å²) in [5.74, 6) is -1.08. The molecule has 0 bridgehead atoms. The molecule has 0 spiro atoms. The van der Waals surface area contributed by atoms with Gasteiger partial charge in [0.2, 0.25) is 0 Å². The van der Waals surface area contributed by atoms with Crippen molar-refractivity contribution >= 4 is 35.2 Å². The lowest BCUT2D eigenvalue weighted by molar-refractivity contribution is 0.0739. The van der Waals surface area contributed by atoms with Gasteiger partial charge in [0.15, 0.2) is 6.29 Å². The number of benzene rings is 1. The Morgan fingerprint density at radius 3 is 2.72 bits per heavy atom. The third-order valence-corrected chi connectivity index (χ3v) is 3.33. The Hall–Kier alpha value is -1.72. The molecule has 0 aliphatic carbocycles. The second-order valence-corrected chi connectivity index (χ2v) is 4.81. The van der Waals surface area contributed by atoms with Crippen LogP contribution in [0.2, 0.25) is 5.02 Å². The van der Waals surface area contributed by atoms with Crippen LogP contribution in [-0.4, -0.2) is 12.3 Å². The molecule has 1 heterocycles. The Balaban J connectivity index is 2.18. The van der Waals surface area contributed by atoms with Gasteiger partial charge in [0, 0.05) is 0 Å². The number of aldehydes is 1. The first-order valence-corrected chi connectivity index (χ1v) is 6.02. The van der Waals surface area contributed by atoms with Crippen molar-refractivity contribution in [2.24, 2.45) is 0 Å². The predicted molar refractivity (Wildman–Crippen MR) is 66.1 cm³/mol. The maximum Gasteiger partial charge on any atom is 0.353 e. The maximum absolute atomic E-state index is 12.8. The van der Waals surface area contributed by atoms with E-state index in [0.717, 1.165) is 23.5 Å². The first-order valence-electron chi connectivity index (χ1n) is 4.82. The van der Waals surface area contributed by atoms with E-state index in [9.17, 15) is 14.0 Å². The number of esters is 1. The zero-order valence-corrected chi connectivity index (χ0v) is 10.4. The molecule has 0 atom stereocenters. The number of ether oxygens (including phenoxy) is 1. The quantitative estimate of drug-likeness (QED) is 0.492. The molecule has 2 aromatic rings. The van der Waals surface area contributed by atoms with Crippen molar-refractivity contribution in [1.82, 2.24) is 0 Å². The van der Waals surface area contributed by atoms with Crippen LogP contribution in [0.1, 0.15) is 19.3 Å². The summed E-state index contributed by atoms with van der Waals surface area (Å²) in [6.07, 6.45) is 0.645. The van der Waals surface area contributed by atoms with Gasteiger partial charge >= 0.3 is 5.97 Å². The molecule has 0 N–H and O–H groups in total. The van der Waals surface area contributed by atoms with Crippen molar-refractivity contribution in [2.75, 3.05) is 0 Å². The van der Waals surface area contributed by atoms with Gasteiger partial charge in [-0.25, -0.2) is 9.18 Å². The summed E-state index contributed by atoms with van der Waals surface area (Å²) in [7, 11) is 0. The van der Waals surface area contributed by atoms with Crippen LogP contribution in [0.3, 0.4) is 0 Å². The Kier molecular flexibility index (Phi) is 3.74. The molecular formula is C12H6ClFO3S. The van der Waals surface area contributed by atoms with Crippen LogP contribution < -0.4 is 4.74 Å². The van der Waals surface area contributed by atoms with E-state index < -0.39 is 11.8 Å².